The van der Waals surface area contributed by atoms with Crippen LogP contribution in [0.5, 0.6) is 5.75 Å². The van der Waals surface area contributed by atoms with Crippen LogP contribution in [-0.2, 0) is 4.79 Å². The van der Waals surface area contributed by atoms with Crippen LogP contribution in [0.25, 0.3) is 0 Å². The number of hydrogen-bond acceptors (Lipinski definition) is 5. The second-order valence-corrected chi connectivity index (χ2v) is 7.29. The summed E-state index contributed by atoms with van der Waals surface area (Å²) in [7, 11) is 0. The zero-order valence-corrected chi connectivity index (χ0v) is 14.5. The molecule has 0 aromatic carbocycles. The van der Waals surface area contributed by atoms with Gasteiger partial charge in [-0.05, 0) is 43.7 Å². The molecule has 0 unspecified atom stereocenters. The van der Waals surface area contributed by atoms with Crippen LogP contribution in [0.2, 0.25) is 0 Å². The lowest BCUT2D eigenvalue weighted by Gasteiger charge is -2.47. The Kier molecular flexibility index (Phi) is 4.94. The van der Waals surface area contributed by atoms with E-state index in [1.54, 1.807) is 22.8 Å². The van der Waals surface area contributed by atoms with Crippen LogP contribution in [0, 0.1) is 5.41 Å². The van der Waals surface area contributed by atoms with Gasteiger partial charge < -0.3 is 20.0 Å². The first-order valence-corrected chi connectivity index (χ1v) is 8.79. The third kappa shape index (κ3) is 3.76. The number of rotatable bonds is 3. The maximum atomic E-state index is 12.6. The van der Waals surface area contributed by atoms with Crippen molar-refractivity contribution in [1.29, 1.82) is 0 Å². The third-order valence-corrected chi connectivity index (χ3v) is 5.33. The quantitative estimate of drug-likeness (QED) is 0.851. The molecule has 1 aromatic heterocycles. The van der Waals surface area contributed by atoms with E-state index in [0.29, 0.717) is 32.6 Å². The van der Waals surface area contributed by atoms with E-state index in [2.05, 4.69) is 4.98 Å². The average molecular weight is 347 g/mol. The molecule has 2 amide bonds. The van der Waals surface area contributed by atoms with E-state index in [9.17, 15) is 19.8 Å². The molecule has 7 nitrogen and oxygen atoms in total. The summed E-state index contributed by atoms with van der Waals surface area (Å²) in [6.07, 6.45) is 3.93. The van der Waals surface area contributed by atoms with Crippen molar-refractivity contribution in [2.45, 2.75) is 38.7 Å². The zero-order chi connectivity index (χ0) is 18.0. The van der Waals surface area contributed by atoms with Gasteiger partial charge in [0.25, 0.3) is 5.91 Å². The summed E-state index contributed by atoms with van der Waals surface area (Å²) in [6, 6.07) is 3.06. The largest absolute Gasteiger partial charge is 0.505 e. The summed E-state index contributed by atoms with van der Waals surface area (Å²) in [5.74, 6) is -0.247. The molecular formula is C18H25N3O4. The number of carbonyl (C=O) groups is 2. The number of β-amino-alcohol motifs (C(OH)–C–C–N with tert-alkyl or cyclic N) is 1. The topological polar surface area (TPSA) is 94.0 Å². The number of pyridine rings is 1. The van der Waals surface area contributed by atoms with Crippen LogP contribution >= 0.6 is 0 Å². The normalized spacial score (nSPS) is 21.4. The molecule has 3 rings (SSSR count). The summed E-state index contributed by atoms with van der Waals surface area (Å²) in [4.78, 5) is 32.1. The molecule has 136 valence electrons. The van der Waals surface area contributed by atoms with Crippen molar-refractivity contribution < 1.29 is 19.8 Å². The summed E-state index contributed by atoms with van der Waals surface area (Å²) in [5, 5.41) is 19.4. The van der Waals surface area contributed by atoms with Crippen molar-refractivity contribution in [2.75, 3.05) is 26.2 Å². The van der Waals surface area contributed by atoms with Crippen LogP contribution in [-0.4, -0.2) is 69.1 Å². The van der Waals surface area contributed by atoms with Crippen molar-refractivity contribution in [3.8, 4) is 5.75 Å². The van der Waals surface area contributed by atoms with E-state index >= 15 is 0 Å². The minimum atomic E-state index is -0.534. The van der Waals surface area contributed by atoms with E-state index < -0.39 is 6.10 Å². The Bertz CT molecular complexity index is 653. The van der Waals surface area contributed by atoms with Gasteiger partial charge >= 0.3 is 0 Å². The highest BCUT2D eigenvalue weighted by Crippen LogP contribution is 2.40. The Morgan fingerprint density at radius 2 is 2.08 bits per heavy atom. The van der Waals surface area contributed by atoms with Crippen LogP contribution < -0.4 is 0 Å². The molecule has 1 aromatic rings. The number of aromatic nitrogens is 1. The van der Waals surface area contributed by atoms with Gasteiger partial charge in [-0.3, -0.25) is 9.59 Å². The van der Waals surface area contributed by atoms with Crippen LogP contribution in [0.3, 0.4) is 0 Å². The molecule has 7 heteroatoms. The van der Waals surface area contributed by atoms with Gasteiger partial charge in [0, 0.05) is 38.8 Å². The van der Waals surface area contributed by atoms with Gasteiger partial charge in [0.2, 0.25) is 5.91 Å². The molecule has 0 saturated carbocycles. The Morgan fingerprint density at radius 3 is 2.72 bits per heavy atom. The van der Waals surface area contributed by atoms with Gasteiger partial charge in [0.15, 0.2) is 5.69 Å². The molecular weight excluding hydrogens is 322 g/mol. The van der Waals surface area contributed by atoms with Gasteiger partial charge in [0.05, 0.1) is 6.10 Å². The van der Waals surface area contributed by atoms with Crippen LogP contribution in [0.4, 0.5) is 0 Å². The third-order valence-electron chi connectivity index (χ3n) is 5.33. The number of piperidine rings is 2. The highest BCUT2D eigenvalue weighted by atomic mass is 16.3. The maximum Gasteiger partial charge on any atom is 0.276 e. The Balaban J connectivity index is 1.64. The average Bonchev–Trinajstić information content (AvgIpc) is 2.58. The smallest absolute Gasteiger partial charge is 0.276 e. The van der Waals surface area contributed by atoms with Crippen LogP contribution in [0.15, 0.2) is 18.3 Å². The molecule has 2 saturated heterocycles. The first kappa shape index (κ1) is 17.7. The van der Waals surface area contributed by atoms with Gasteiger partial charge in [-0.15, -0.1) is 0 Å². The molecule has 0 bridgehead atoms. The Morgan fingerprint density at radius 1 is 1.36 bits per heavy atom. The Labute approximate surface area is 147 Å². The van der Waals surface area contributed by atoms with E-state index in [1.165, 1.54) is 12.3 Å². The van der Waals surface area contributed by atoms with Gasteiger partial charge in [-0.25, -0.2) is 4.98 Å². The number of aliphatic hydroxyl groups is 1. The lowest BCUT2D eigenvalue weighted by molar-refractivity contribution is -0.140. The predicted molar refractivity (Wildman–Crippen MR) is 91.0 cm³/mol. The molecule has 3 heterocycles. The van der Waals surface area contributed by atoms with Gasteiger partial charge in [0.1, 0.15) is 5.75 Å². The van der Waals surface area contributed by atoms with Gasteiger partial charge in [-0.1, -0.05) is 0 Å². The first-order valence-electron chi connectivity index (χ1n) is 8.79. The number of aliphatic hydroxyl groups excluding tert-OH is 1. The first-order chi connectivity index (χ1) is 11.9. The Hall–Kier alpha value is -2.15. The van der Waals surface area contributed by atoms with Crippen molar-refractivity contribution in [1.82, 2.24) is 14.8 Å². The SMILES string of the molecule is C[C@H](O)CN1CC2(CCC1=O)CCN(C(=O)c1ncccc1O)CC2. The minimum absolute atomic E-state index is 0.0196. The predicted octanol–water partition coefficient (Wildman–Crippen LogP) is 1.01. The number of aromatic hydroxyl groups is 1. The monoisotopic (exact) mass is 347 g/mol. The second-order valence-electron chi connectivity index (χ2n) is 7.29. The zero-order valence-electron chi connectivity index (χ0n) is 14.5. The fourth-order valence-corrected chi connectivity index (χ4v) is 3.89. The van der Waals surface area contributed by atoms with E-state index in [1.807, 2.05) is 0 Å². The summed E-state index contributed by atoms with van der Waals surface area (Å²) in [6.45, 7) is 3.88. The van der Waals surface area contributed by atoms with E-state index in [0.717, 1.165) is 19.3 Å². The summed E-state index contributed by atoms with van der Waals surface area (Å²) >= 11 is 0. The molecule has 2 N–H and O–H groups in total. The number of hydrogen-bond donors (Lipinski definition) is 2. The fraction of sp³-hybridized carbons (Fsp3) is 0.611. The number of likely N-dealkylation sites (tertiary alicyclic amines) is 2. The number of nitrogens with zero attached hydrogens (tertiary/aromatic N) is 3. The molecule has 2 aliphatic heterocycles. The lowest BCUT2D eigenvalue weighted by Crippen LogP contribution is -2.53. The standard InChI is InChI=1S/C18H25N3O4/c1-13(22)11-21-12-18(5-4-15(21)24)6-9-20(10-7-18)17(25)16-14(23)3-2-8-19-16/h2-3,8,13,22-23H,4-7,9-12H2,1H3/t13-/m0/s1. The molecule has 0 aliphatic carbocycles. The highest BCUT2D eigenvalue weighted by molar-refractivity contribution is 5.94. The second kappa shape index (κ2) is 7.00. The lowest BCUT2D eigenvalue weighted by atomic mass is 9.72. The van der Waals surface area contributed by atoms with Gasteiger partial charge in [-0.2, -0.15) is 0 Å². The molecule has 25 heavy (non-hydrogen) atoms. The molecule has 2 fully saturated rings. The molecule has 2 aliphatic rings. The minimum Gasteiger partial charge on any atom is -0.505 e. The number of carbonyl (C=O) groups excluding carboxylic acids is 2. The summed E-state index contributed by atoms with van der Waals surface area (Å²) < 4.78 is 0. The van der Waals surface area contributed by atoms with Crippen molar-refractivity contribution >= 4 is 11.8 Å². The van der Waals surface area contributed by atoms with Crippen LogP contribution in [0.1, 0.15) is 43.1 Å². The van der Waals surface area contributed by atoms with Crippen molar-refractivity contribution in [2.24, 2.45) is 5.41 Å². The summed E-state index contributed by atoms with van der Waals surface area (Å²) in [5.41, 5.74) is 0.110. The molecule has 1 spiro atoms. The van der Waals surface area contributed by atoms with Crippen molar-refractivity contribution in [3.05, 3.63) is 24.0 Å². The number of amides is 2. The molecule has 0 radical (unpaired) electrons. The van der Waals surface area contributed by atoms with Crippen molar-refractivity contribution in [3.63, 3.8) is 0 Å². The maximum absolute atomic E-state index is 12.6. The van der Waals surface area contributed by atoms with E-state index in [-0.39, 0.29) is 28.7 Å². The fourth-order valence-electron chi connectivity index (χ4n) is 3.89. The van der Waals surface area contributed by atoms with E-state index in [4.69, 9.17) is 0 Å². The highest BCUT2D eigenvalue weighted by Gasteiger charge is 2.42. The molecule has 1 atom stereocenters.